The summed E-state index contributed by atoms with van der Waals surface area (Å²) in [6.07, 6.45) is -6.73. The van der Waals surface area contributed by atoms with Crippen LogP contribution in [0.15, 0.2) is 17.5 Å². The van der Waals surface area contributed by atoms with Gasteiger partial charge in [-0.25, -0.2) is 0 Å². The molecule has 29 heavy (non-hydrogen) atoms. The number of rotatable bonds is 6. The van der Waals surface area contributed by atoms with Crippen molar-refractivity contribution < 1.29 is 53.5 Å². The molecule has 10 nitrogen and oxygen atoms in total. The zero-order chi connectivity index (χ0) is 24.6. The molecular formula is C18H22O10S. The second-order valence-electron chi connectivity index (χ2n) is 5.83. The van der Waals surface area contributed by atoms with E-state index in [-0.39, 0.29) is 4.88 Å². The molecule has 1 saturated heterocycles. The van der Waals surface area contributed by atoms with Crippen LogP contribution in [0.1, 0.15) is 38.0 Å². The Labute approximate surface area is 176 Å². The van der Waals surface area contributed by atoms with E-state index in [2.05, 4.69) is 0 Å². The molecule has 2 heterocycles. The highest BCUT2D eigenvalue weighted by Gasteiger charge is 2.60. The molecule has 0 bridgehead atoms. The van der Waals surface area contributed by atoms with Gasteiger partial charge in [-0.05, 0) is 11.4 Å². The maximum absolute atomic E-state index is 12.0. The molecule has 11 heteroatoms. The average Bonchev–Trinajstić information content (AvgIpc) is 3.36. The van der Waals surface area contributed by atoms with Crippen LogP contribution in [0.3, 0.4) is 0 Å². The molecular weight excluding hydrogens is 408 g/mol. The molecule has 1 fully saturated rings. The zero-order valence-electron chi connectivity index (χ0n) is 19.1. The van der Waals surface area contributed by atoms with Crippen LogP contribution in [0, 0.1) is 0 Å². The molecule has 1 unspecified atom stereocenters. The van der Waals surface area contributed by atoms with Crippen LogP contribution in [-0.2, 0) is 48.6 Å². The molecule has 1 aromatic rings. The number of aliphatic hydroxyl groups is 1. The van der Waals surface area contributed by atoms with Crippen molar-refractivity contribution >= 4 is 35.2 Å². The van der Waals surface area contributed by atoms with Crippen LogP contribution in [0.2, 0.25) is 0 Å². The van der Waals surface area contributed by atoms with Gasteiger partial charge < -0.3 is 28.8 Å². The number of hydrogen-bond acceptors (Lipinski definition) is 11. The lowest BCUT2D eigenvalue weighted by Gasteiger charge is -2.48. The largest absolute Gasteiger partial charge is 0.463 e. The molecule has 0 radical (unpaired) electrons. The Hall–Kier alpha value is -2.50. The molecule has 0 amide bonds. The number of thiophene rings is 1. The van der Waals surface area contributed by atoms with E-state index in [4.69, 9.17) is 29.2 Å². The van der Waals surface area contributed by atoms with Gasteiger partial charge in [0.2, 0.25) is 11.9 Å². The predicted octanol–water partition coefficient (Wildman–Crippen LogP) is 0.650. The molecule has 1 aromatic heterocycles. The van der Waals surface area contributed by atoms with Crippen molar-refractivity contribution in [2.75, 3.05) is 6.61 Å². The third-order valence-corrected chi connectivity index (χ3v) is 4.76. The van der Waals surface area contributed by atoms with E-state index < -0.39 is 88.3 Å². The second-order valence-corrected chi connectivity index (χ2v) is 6.78. The van der Waals surface area contributed by atoms with Gasteiger partial charge in [0.15, 0.2) is 12.2 Å². The fourth-order valence-corrected chi connectivity index (χ4v) is 3.61. The first-order valence-corrected chi connectivity index (χ1v) is 8.93. The van der Waals surface area contributed by atoms with E-state index in [0.29, 0.717) is 0 Å². The third kappa shape index (κ3) is 5.52. The van der Waals surface area contributed by atoms with Crippen molar-refractivity contribution in [2.24, 2.45) is 0 Å². The zero-order valence-corrected chi connectivity index (χ0v) is 15.9. The molecule has 0 saturated carbocycles. The Morgan fingerprint density at radius 3 is 2.28 bits per heavy atom. The van der Waals surface area contributed by atoms with Gasteiger partial charge in [0, 0.05) is 33.1 Å². The molecule has 1 aliphatic rings. The standard InChI is InChI=1S/C18H22O10S/c1-9(19)24-8-13-15(25-10(2)20)16(26-11(3)21)17(27-12(4)22)18(23,28-13)14-6-5-7-29-14/h5-7,13,15-17,23H,8H2,1-4H3/t13-,15-,16+,17-,18?/m1/s1/i1D,2D,3D,4D. The molecule has 1 aliphatic heterocycles. The minimum atomic E-state index is -2.49. The Morgan fingerprint density at radius 2 is 1.69 bits per heavy atom. The highest BCUT2D eigenvalue weighted by atomic mass is 32.1. The van der Waals surface area contributed by atoms with Crippen LogP contribution in [0.5, 0.6) is 0 Å². The lowest BCUT2D eigenvalue weighted by atomic mass is 9.90. The smallest absolute Gasteiger partial charge is 0.303 e. The van der Waals surface area contributed by atoms with Crippen molar-refractivity contribution in [2.45, 2.75) is 57.8 Å². The van der Waals surface area contributed by atoms with Gasteiger partial charge in [-0.15, -0.1) is 11.3 Å². The first kappa shape index (κ1) is 17.4. The first-order chi connectivity index (χ1) is 15.7. The highest BCUT2D eigenvalue weighted by molar-refractivity contribution is 7.10. The monoisotopic (exact) mass is 434 g/mol. The molecule has 160 valence electrons. The highest BCUT2D eigenvalue weighted by Crippen LogP contribution is 2.42. The summed E-state index contributed by atoms with van der Waals surface area (Å²) in [6.45, 7) is -3.97. The number of ether oxygens (including phenoxy) is 5. The summed E-state index contributed by atoms with van der Waals surface area (Å²) in [7, 11) is 0. The van der Waals surface area contributed by atoms with E-state index in [1.165, 1.54) is 12.1 Å². The molecule has 0 aliphatic carbocycles. The van der Waals surface area contributed by atoms with Crippen LogP contribution in [0.4, 0.5) is 0 Å². The third-order valence-electron chi connectivity index (χ3n) is 3.78. The maximum atomic E-state index is 12.0. The normalized spacial score (nSPS) is 30.7. The molecule has 2 rings (SSSR count). The number of esters is 4. The van der Waals surface area contributed by atoms with Gasteiger partial charge in [-0.3, -0.25) is 19.2 Å². The van der Waals surface area contributed by atoms with Crippen LogP contribution >= 0.6 is 11.3 Å². The summed E-state index contributed by atoms with van der Waals surface area (Å²) < 4.78 is 54.8. The topological polar surface area (TPSA) is 135 Å². The van der Waals surface area contributed by atoms with Crippen LogP contribution in [-0.4, -0.2) is 60.0 Å². The van der Waals surface area contributed by atoms with E-state index in [0.717, 1.165) is 11.3 Å². The maximum Gasteiger partial charge on any atom is 0.303 e. The minimum absolute atomic E-state index is 0.0827. The molecule has 0 spiro atoms. The van der Waals surface area contributed by atoms with Gasteiger partial charge >= 0.3 is 23.9 Å². The number of carbonyl (C=O) groups excluding carboxylic acids is 4. The molecule has 5 atom stereocenters. The van der Waals surface area contributed by atoms with E-state index in [1.54, 1.807) is 5.38 Å². The summed E-state index contributed by atoms with van der Waals surface area (Å²) in [5.74, 6) is -6.81. The van der Waals surface area contributed by atoms with Gasteiger partial charge in [-0.2, -0.15) is 0 Å². The van der Waals surface area contributed by atoms with Gasteiger partial charge in [0.1, 0.15) is 12.7 Å². The van der Waals surface area contributed by atoms with Gasteiger partial charge in [0.25, 0.3) is 0 Å². The van der Waals surface area contributed by atoms with E-state index >= 15 is 0 Å². The fourth-order valence-electron chi connectivity index (χ4n) is 2.82. The Morgan fingerprint density at radius 1 is 1.07 bits per heavy atom. The van der Waals surface area contributed by atoms with Crippen molar-refractivity contribution in [3.05, 3.63) is 22.4 Å². The van der Waals surface area contributed by atoms with Crippen molar-refractivity contribution in [1.29, 1.82) is 0 Å². The van der Waals surface area contributed by atoms with Crippen LogP contribution in [0.25, 0.3) is 0 Å². The Bertz CT molecular complexity index is 838. The van der Waals surface area contributed by atoms with E-state index in [9.17, 15) is 24.3 Å². The second kappa shape index (κ2) is 9.33. The van der Waals surface area contributed by atoms with Crippen LogP contribution < -0.4 is 0 Å². The molecule has 0 aromatic carbocycles. The summed E-state index contributed by atoms with van der Waals surface area (Å²) in [5, 5.41) is 13.0. The fraction of sp³-hybridized carbons (Fsp3) is 0.556. The number of hydrogen-bond donors (Lipinski definition) is 1. The molecule has 1 N–H and O–H groups in total. The quantitative estimate of drug-likeness (QED) is 0.502. The van der Waals surface area contributed by atoms with Gasteiger partial charge in [-0.1, -0.05) is 6.07 Å². The van der Waals surface area contributed by atoms with E-state index in [1.807, 2.05) is 0 Å². The minimum Gasteiger partial charge on any atom is -0.463 e. The summed E-state index contributed by atoms with van der Waals surface area (Å²) in [5.41, 5.74) is 0. The van der Waals surface area contributed by atoms with Crippen molar-refractivity contribution in [3.63, 3.8) is 0 Å². The van der Waals surface area contributed by atoms with Gasteiger partial charge in [0.05, 0.1) is 4.88 Å². The first-order valence-electron chi connectivity index (χ1n) is 10.9. The lowest BCUT2D eigenvalue weighted by molar-refractivity contribution is -0.358. The Kier molecular flexibility index (Phi) is 5.59. The SMILES string of the molecule is [2H]CC(=O)OC[C@H]1OC(O)(c2cccs2)[C@H](OC(=O)C[2H])[C@@H](OC(=O)C[2H])[C@@H]1OC(=O)C[2H]. The Balaban J connectivity index is 2.58. The summed E-state index contributed by atoms with van der Waals surface area (Å²) in [6, 6.07) is 2.95. The lowest BCUT2D eigenvalue weighted by Crippen LogP contribution is -2.66. The summed E-state index contributed by atoms with van der Waals surface area (Å²) >= 11 is 0.978. The number of carbonyl (C=O) groups is 4. The predicted molar refractivity (Wildman–Crippen MR) is 96.4 cm³/mol. The average molecular weight is 434 g/mol. The summed E-state index contributed by atoms with van der Waals surface area (Å²) in [4.78, 5) is 47.5. The van der Waals surface area contributed by atoms with Crippen molar-refractivity contribution in [1.82, 2.24) is 0 Å². The van der Waals surface area contributed by atoms with Crippen molar-refractivity contribution in [3.8, 4) is 0 Å².